The lowest BCUT2D eigenvalue weighted by molar-refractivity contribution is 0.675. The van der Waals surface area contributed by atoms with Crippen molar-refractivity contribution in [2.45, 2.75) is 0 Å². The highest BCUT2D eigenvalue weighted by molar-refractivity contribution is 7.28. The summed E-state index contributed by atoms with van der Waals surface area (Å²) in [5.74, 6) is 2.01. The first-order chi connectivity index (χ1) is 30.6. The number of rotatable bonds is 5. The molecule has 0 fully saturated rings. The summed E-state index contributed by atoms with van der Waals surface area (Å²) < 4.78 is 9.54. The van der Waals surface area contributed by atoms with Gasteiger partial charge in [0, 0.05) is 42.2 Å². The van der Waals surface area contributed by atoms with Crippen molar-refractivity contribution < 1.29 is 4.42 Å². The van der Waals surface area contributed by atoms with Crippen LogP contribution in [0.15, 0.2) is 83.3 Å². The molecule has 0 spiro atoms. The van der Waals surface area contributed by atoms with Crippen LogP contribution in [0.4, 0.5) is 0 Å². The Morgan fingerprint density at radius 3 is 1.34 bits per heavy atom. The zero-order chi connectivity index (χ0) is 45.2. The summed E-state index contributed by atoms with van der Waals surface area (Å²) in [5.41, 5.74) is 27.0. The second-order valence-electron chi connectivity index (χ2n) is 18.3. The molecule has 0 saturated heterocycles. The van der Waals surface area contributed by atoms with Gasteiger partial charge in [0.2, 0.25) is 0 Å². The fourth-order valence-corrected chi connectivity index (χ4v) is 12.0. The van der Waals surface area contributed by atoms with Crippen LogP contribution in [0.2, 0.25) is 0 Å². The van der Waals surface area contributed by atoms with E-state index in [-0.39, 0.29) is 0 Å². The first-order valence-electron chi connectivity index (χ1n) is 22.5. The molecule has 4 nitrogen and oxygen atoms in total. The predicted octanol–water partition coefficient (Wildman–Crippen LogP) is -11.9. The van der Waals surface area contributed by atoms with Gasteiger partial charge < -0.3 is 4.42 Å². The third-order valence-corrected chi connectivity index (χ3v) is 16.7. The monoisotopic (exact) mass is 825 g/mol. The van der Waals surface area contributed by atoms with Gasteiger partial charge in [0.15, 0.2) is 17.5 Å². The molecule has 0 N–H and O–H groups in total. The number of hydrogen-bond acceptors (Lipinski definition) is 5. The standard InChI is InChI=1S/C45H41B14N3OS/c46-25-20-21-26(47)30(51)33(54)36(57)40(21)63-39(20)35(56)29(50)24(25)45-61-43(18-13-7-6-12-17(18)16-11-5-4-10-15(16)14-8-2-1-3-9-14)60-44(62-45)23-19-22-27(48)31(52)34(55)38(59)42(22)64-41(19)37(58)32(53)28(23)49/h1-13H,46-59H2. The smallest absolute Gasteiger partial charge is 0.164 e. The molecule has 0 unspecified atom stereocenters. The van der Waals surface area contributed by atoms with E-state index in [2.05, 4.69) is 189 Å². The lowest BCUT2D eigenvalue weighted by Crippen LogP contribution is -2.47. The largest absolute Gasteiger partial charge is 0.457 e. The molecule has 3 heterocycles. The highest BCUT2D eigenvalue weighted by Crippen LogP contribution is 2.40. The first kappa shape index (κ1) is 42.4. The summed E-state index contributed by atoms with van der Waals surface area (Å²) in [5, 5.41) is 4.88. The zero-order valence-electron chi connectivity index (χ0n) is 39.7. The van der Waals surface area contributed by atoms with E-state index < -0.39 is 0 Å². The fourth-order valence-electron chi connectivity index (χ4n) is 10.5. The minimum absolute atomic E-state index is 0.649. The Kier molecular flexibility index (Phi) is 10.3. The van der Waals surface area contributed by atoms with Crippen molar-refractivity contribution in [1.82, 2.24) is 15.0 Å². The molecule has 0 aliphatic carbocycles. The Morgan fingerprint density at radius 2 is 0.719 bits per heavy atom. The van der Waals surface area contributed by atoms with Crippen molar-refractivity contribution >= 4 is 240 Å². The summed E-state index contributed by atoms with van der Waals surface area (Å²) >= 11 is 1.92. The van der Waals surface area contributed by atoms with Gasteiger partial charge in [-0.05, 0) is 27.6 Å². The first-order valence-corrected chi connectivity index (χ1v) is 23.3. The van der Waals surface area contributed by atoms with E-state index in [4.69, 9.17) is 19.4 Å². The Hall–Kier alpha value is -5.52. The van der Waals surface area contributed by atoms with Crippen LogP contribution >= 0.6 is 11.3 Å². The molecule has 0 bridgehead atoms. The maximum Gasteiger partial charge on any atom is 0.164 e. The van der Waals surface area contributed by atoms with Crippen LogP contribution in [-0.4, -0.2) is 125 Å². The normalized spacial score (nSPS) is 11.7. The Labute approximate surface area is 392 Å². The summed E-state index contributed by atoms with van der Waals surface area (Å²) in [6, 6.07) is 27.9. The van der Waals surface area contributed by atoms with E-state index in [1.54, 1.807) is 0 Å². The molecule has 19 heteroatoms. The van der Waals surface area contributed by atoms with Crippen molar-refractivity contribution in [3.8, 4) is 56.4 Å². The van der Waals surface area contributed by atoms with Crippen LogP contribution in [-0.2, 0) is 0 Å². The van der Waals surface area contributed by atoms with E-state index in [1.165, 1.54) is 85.6 Å². The molecule has 10 aromatic rings. The Bertz CT molecular complexity index is 3690. The van der Waals surface area contributed by atoms with Crippen LogP contribution in [0.25, 0.3) is 98.5 Å². The molecule has 7 aromatic carbocycles. The van der Waals surface area contributed by atoms with Crippen LogP contribution in [0.5, 0.6) is 0 Å². The van der Waals surface area contributed by atoms with E-state index in [1.807, 2.05) is 11.3 Å². The average molecular weight is 823 g/mol. The maximum atomic E-state index is 6.89. The lowest BCUT2D eigenvalue weighted by atomic mass is 9.64. The van der Waals surface area contributed by atoms with Gasteiger partial charge in [-0.15, -0.1) is 27.7 Å². The molecule has 0 saturated carbocycles. The zero-order valence-corrected chi connectivity index (χ0v) is 40.5. The minimum Gasteiger partial charge on any atom is -0.457 e. The van der Waals surface area contributed by atoms with Gasteiger partial charge in [0.25, 0.3) is 0 Å². The van der Waals surface area contributed by atoms with Crippen LogP contribution in [0, 0.1) is 0 Å². The third-order valence-electron chi connectivity index (χ3n) is 15.3. The summed E-state index contributed by atoms with van der Waals surface area (Å²) in [6.07, 6.45) is 0. The number of thiophene rings is 1. The number of aromatic nitrogens is 3. The number of benzene rings is 7. The quantitative estimate of drug-likeness (QED) is 0.162. The molecule has 0 radical (unpaired) electrons. The van der Waals surface area contributed by atoms with E-state index in [0.29, 0.717) is 17.5 Å². The molecule has 3 aromatic heterocycles. The average Bonchev–Trinajstić information content (AvgIpc) is 3.92. The van der Waals surface area contributed by atoms with Crippen molar-refractivity contribution in [2.75, 3.05) is 0 Å². The molecular weight excluding hydrogens is 782 g/mol. The van der Waals surface area contributed by atoms with Gasteiger partial charge in [-0.3, -0.25) is 0 Å². The fraction of sp³-hybridized carbons (Fsp3) is 0. The molecular formula is C45H41B14N3OS. The van der Waals surface area contributed by atoms with Crippen molar-refractivity contribution in [2.24, 2.45) is 0 Å². The maximum absolute atomic E-state index is 6.89. The van der Waals surface area contributed by atoms with Gasteiger partial charge >= 0.3 is 0 Å². The van der Waals surface area contributed by atoms with E-state index >= 15 is 0 Å². The summed E-state index contributed by atoms with van der Waals surface area (Å²) in [6.45, 7) is 0. The Morgan fingerprint density at radius 1 is 0.312 bits per heavy atom. The highest BCUT2D eigenvalue weighted by atomic mass is 32.1. The Balaban J connectivity index is 1.36. The topological polar surface area (TPSA) is 51.8 Å². The predicted molar refractivity (Wildman–Crippen MR) is 322 cm³/mol. The van der Waals surface area contributed by atoms with E-state index in [9.17, 15) is 0 Å². The molecule has 10 rings (SSSR count). The molecule has 0 atom stereocenters. The summed E-state index contributed by atoms with van der Waals surface area (Å²) in [4.78, 5) is 16.9. The van der Waals surface area contributed by atoms with E-state index in [0.717, 1.165) is 71.9 Å². The number of nitrogens with zero attached hydrogens (tertiary/aromatic N) is 3. The second-order valence-corrected chi connectivity index (χ2v) is 19.3. The molecule has 0 amide bonds. The SMILES string of the molecule is Bc1c(B)c(B)c2c(oc3c(B)c(B)c(-c4nc(-c5ccccc5-c5ccccc5-c5ccccc5)nc(-c5c(B)c(B)c(B)c6sc7c(B)c(B)c(B)c(B)c7c56)n4)c(B)c32)c1B. The van der Waals surface area contributed by atoms with Crippen LogP contribution < -0.4 is 76.5 Å². The van der Waals surface area contributed by atoms with Gasteiger partial charge in [-0.25, -0.2) is 15.0 Å². The van der Waals surface area contributed by atoms with Gasteiger partial charge in [-0.1, -0.05) is 139 Å². The number of furan rings is 1. The van der Waals surface area contributed by atoms with Crippen molar-refractivity contribution in [3.63, 3.8) is 0 Å². The molecule has 64 heavy (non-hydrogen) atoms. The third kappa shape index (κ3) is 6.12. The van der Waals surface area contributed by atoms with Gasteiger partial charge in [0.05, 0.1) is 0 Å². The molecule has 0 aliphatic rings. The van der Waals surface area contributed by atoms with Gasteiger partial charge in [0.1, 0.15) is 121 Å². The number of hydrogen-bond donors (Lipinski definition) is 0. The van der Waals surface area contributed by atoms with Crippen LogP contribution in [0.3, 0.4) is 0 Å². The van der Waals surface area contributed by atoms with Crippen LogP contribution in [0.1, 0.15) is 0 Å². The van der Waals surface area contributed by atoms with Crippen molar-refractivity contribution in [3.05, 3.63) is 78.9 Å². The van der Waals surface area contributed by atoms with Crippen molar-refractivity contribution in [1.29, 1.82) is 0 Å². The second kappa shape index (κ2) is 15.6. The molecule has 290 valence electrons. The lowest BCUT2D eigenvalue weighted by Gasteiger charge is -2.20. The molecule has 0 aliphatic heterocycles. The minimum atomic E-state index is 0.649. The summed E-state index contributed by atoms with van der Waals surface area (Å²) in [7, 11) is 31.4. The van der Waals surface area contributed by atoms with Gasteiger partial charge in [-0.2, -0.15) is 0 Å². The number of fused-ring (bicyclic) bond motifs is 6. The highest BCUT2D eigenvalue weighted by Gasteiger charge is 2.28.